The normalized spacial score (nSPS) is 18.1. The lowest BCUT2D eigenvalue weighted by molar-refractivity contribution is 0.0947. The second-order valence-corrected chi connectivity index (χ2v) is 5.64. The van der Waals surface area contributed by atoms with E-state index in [0.717, 1.165) is 25.1 Å². The van der Waals surface area contributed by atoms with Gasteiger partial charge in [-0.25, -0.2) is 0 Å². The number of amides is 1. The van der Waals surface area contributed by atoms with Crippen LogP contribution >= 0.6 is 0 Å². The molecule has 1 atom stereocenters. The third kappa shape index (κ3) is 4.32. The van der Waals surface area contributed by atoms with E-state index in [2.05, 4.69) is 29.1 Å². The van der Waals surface area contributed by atoms with Gasteiger partial charge in [0, 0.05) is 18.7 Å². The number of hydrogen-bond donors (Lipinski definition) is 2. The highest BCUT2D eigenvalue weighted by molar-refractivity contribution is 5.96. The molecule has 4 nitrogen and oxygen atoms in total. The van der Waals surface area contributed by atoms with Gasteiger partial charge in [-0.3, -0.25) is 4.79 Å². The number of benzene rings is 1. The molecular weight excluding hydrogens is 264 g/mol. The number of likely N-dealkylation sites (tertiary alicyclic amines) is 1. The quantitative estimate of drug-likeness (QED) is 0.816. The van der Waals surface area contributed by atoms with Gasteiger partial charge in [-0.15, -0.1) is 0 Å². The SMILES string of the molecule is Cc1ccc(C(=O)NCC2CCN(C)C2)c(C#CCO)c1. The summed E-state index contributed by atoms with van der Waals surface area (Å²) in [6.07, 6.45) is 1.13. The minimum absolute atomic E-state index is 0.0909. The van der Waals surface area contributed by atoms with Crippen molar-refractivity contribution in [1.29, 1.82) is 0 Å². The van der Waals surface area contributed by atoms with Gasteiger partial charge in [-0.05, 0) is 50.6 Å². The number of rotatable bonds is 3. The Morgan fingerprint density at radius 3 is 3.00 bits per heavy atom. The molecule has 1 heterocycles. The van der Waals surface area contributed by atoms with Gasteiger partial charge in [0.15, 0.2) is 0 Å². The van der Waals surface area contributed by atoms with Gasteiger partial charge in [-0.1, -0.05) is 17.9 Å². The number of aliphatic hydroxyl groups is 1. The predicted molar refractivity (Wildman–Crippen MR) is 83.1 cm³/mol. The summed E-state index contributed by atoms with van der Waals surface area (Å²) in [6.45, 7) is 4.58. The molecule has 1 aromatic carbocycles. The Morgan fingerprint density at radius 2 is 2.33 bits per heavy atom. The Labute approximate surface area is 126 Å². The van der Waals surface area contributed by atoms with Crippen LogP contribution in [-0.4, -0.2) is 49.2 Å². The maximum atomic E-state index is 12.3. The Hall–Kier alpha value is -1.83. The summed E-state index contributed by atoms with van der Waals surface area (Å²) in [5, 5.41) is 11.8. The number of nitrogens with one attached hydrogen (secondary N) is 1. The van der Waals surface area contributed by atoms with Crippen LogP contribution in [-0.2, 0) is 0 Å². The lowest BCUT2D eigenvalue weighted by Crippen LogP contribution is -2.31. The molecule has 1 saturated heterocycles. The summed E-state index contributed by atoms with van der Waals surface area (Å²) >= 11 is 0. The molecule has 1 aliphatic heterocycles. The minimum atomic E-state index is -0.205. The first-order chi connectivity index (χ1) is 10.1. The van der Waals surface area contributed by atoms with Crippen molar-refractivity contribution in [2.45, 2.75) is 13.3 Å². The Bertz CT molecular complexity index is 572. The van der Waals surface area contributed by atoms with Crippen molar-refractivity contribution in [1.82, 2.24) is 10.2 Å². The standard InChI is InChI=1S/C17H22N2O2/c1-13-5-6-16(15(10-13)4-3-9-20)17(21)18-11-14-7-8-19(2)12-14/h5-6,10,14,20H,7-9,11-12H2,1-2H3,(H,18,21). The van der Waals surface area contributed by atoms with E-state index in [1.54, 1.807) is 6.07 Å². The summed E-state index contributed by atoms with van der Waals surface area (Å²) in [4.78, 5) is 14.6. The molecule has 1 aromatic rings. The van der Waals surface area contributed by atoms with E-state index in [4.69, 9.17) is 5.11 Å². The zero-order valence-electron chi connectivity index (χ0n) is 12.6. The molecule has 0 aromatic heterocycles. The van der Waals surface area contributed by atoms with E-state index in [0.29, 0.717) is 23.6 Å². The van der Waals surface area contributed by atoms with Crippen LogP contribution in [0.5, 0.6) is 0 Å². The number of hydrogen-bond acceptors (Lipinski definition) is 3. The molecule has 0 spiro atoms. The molecule has 0 radical (unpaired) electrons. The molecule has 21 heavy (non-hydrogen) atoms. The summed E-state index contributed by atoms with van der Waals surface area (Å²) in [7, 11) is 2.10. The van der Waals surface area contributed by atoms with Gasteiger partial charge in [0.2, 0.25) is 0 Å². The second kappa shape index (κ2) is 7.26. The maximum Gasteiger partial charge on any atom is 0.252 e. The fraction of sp³-hybridized carbons (Fsp3) is 0.471. The van der Waals surface area contributed by atoms with Crippen LogP contribution in [0.15, 0.2) is 18.2 Å². The number of carbonyl (C=O) groups is 1. The van der Waals surface area contributed by atoms with Gasteiger partial charge in [0.05, 0.1) is 5.56 Å². The fourth-order valence-electron chi connectivity index (χ4n) is 2.62. The van der Waals surface area contributed by atoms with Crippen LogP contribution in [0.25, 0.3) is 0 Å². The molecule has 0 aliphatic carbocycles. The molecule has 0 bridgehead atoms. The highest BCUT2D eigenvalue weighted by atomic mass is 16.2. The highest BCUT2D eigenvalue weighted by Crippen LogP contribution is 2.14. The van der Waals surface area contributed by atoms with Crippen LogP contribution in [0.3, 0.4) is 0 Å². The summed E-state index contributed by atoms with van der Waals surface area (Å²) in [6, 6.07) is 5.58. The van der Waals surface area contributed by atoms with E-state index in [9.17, 15) is 4.79 Å². The number of aryl methyl sites for hydroxylation is 1. The third-order valence-electron chi connectivity index (χ3n) is 3.76. The molecule has 112 valence electrons. The molecule has 1 fully saturated rings. The van der Waals surface area contributed by atoms with Crippen molar-refractivity contribution in [2.24, 2.45) is 5.92 Å². The first-order valence-corrected chi connectivity index (χ1v) is 7.27. The molecule has 1 aliphatic rings. The first-order valence-electron chi connectivity index (χ1n) is 7.27. The van der Waals surface area contributed by atoms with E-state index >= 15 is 0 Å². The van der Waals surface area contributed by atoms with Crippen molar-refractivity contribution in [3.05, 3.63) is 34.9 Å². The van der Waals surface area contributed by atoms with E-state index in [-0.39, 0.29) is 12.5 Å². The Balaban J connectivity index is 2.04. The topological polar surface area (TPSA) is 52.6 Å². The van der Waals surface area contributed by atoms with Gasteiger partial charge in [-0.2, -0.15) is 0 Å². The minimum Gasteiger partial charge on any atom is -0.384 e. The van der Waals surface area contributed by atoms with Gasteiger partial charge in [0.25, 0.3) is 5.91 Å². The number of aliphatic hydroxyl groups excluding tert-OH is 1. The monoisotopic (exact) mass is 286 g/mol. The molecule has 2 rings (SSSR count). The molecule has 0 saturated carbocycles. The van der Waals surface area contributed by atoms with Crippen LogP contribution in [0.2, 0.25) is 0 Å². The Kier molecular flexibility index (Phi) is 5.38. The summed E-state index contributed by atoms with van der Waals surface area (Å²) < 4.78 is 0. The van der Waals surface area contributed by atoms with Crippen molar-refractivity contribution >= 4 is 5.91 Å². The summed E-state index contributed by atoms with van der Waals surface area (Å²) in [5.41, 5.74) is 2.30. The molecule has 4 heteroatoms. The third-order valence-corrected chi connectivity index (χ3v) is 3.76. The second-order valence-electron chi connectivity index (χ2n) is 5.64. The smallest absolute Gasteiger partial charge is 0.252 e. The van der Waals surface area contributed by atoms with Crippen LogP contribution in [0.1, 0.15) is 27.9 Å². The van der Waals surface area contributed by atoms with Crippen molar-refractivity contribution < 1.29 is 9.90 Å². The first kappa shape index (κ1) is 15.6. The highest BCUT2D eigenvalue weighted by Gasteiger charge is 2.20. The van der Waals surface area contributed by atoms with Crippen LogP contribution in [0, 0.1) is 24.7 Å². The zero-order chi connectivity index (χ0) is 15.2. The largest absolute Gasteiger partial charge is 0.384 e. The maximum absolute atomic E-state index is 12.3. The van der Waals surface area contributed by atoms with Gasteiger partial charge < -0.3 is 15.3 Å². The predicted octanol–water partition coefficient (Wildman–Crippen LogP) is 1.02. The van der Waals surface area contributed by atoms with Crippen molar-refractivity contribution in [3.8, 4) is 11.8 Å². The van der Waals surface area contributed by atoms with Gasteiger partial charge >= 0.3 is 0 Å². The van der Waals surface area contributed by atoms with E-state index in [1.165, 1.54) is 0 Å². The van der Waals surface area contributed by atoms with Crippen molar-refractivity contribution in [2.75, 3.05) is 33.3 Å². The lowest BCUT2D eigenvalue weighted by Gasteiger charge is -2.12. The fourth-order valence-corrected chi connectivity index (χ4v) is 2.62. The van der Waals surface area contributed by atoms with Crippen LogP contribution < -0.4 is 5.32 Å². The number of nitrogens with zero attached hydrogens (tertiary/aromatic N) is 1. The average molecular weight is 286 g/mol. The van der Waals surface area contributed by atoms with E-state index < -0.39 is 0 Å². The Morgan fingerprint density at radius 1 is 1.52 bits per heavy atom. The average Bonchev–Trinajstić information content (AvgIpc) is 2.88. The zero-order valence-corrected chi connectivity index (χ0v) is 12.6. The van der Waals surface area contributed by atoms with Crippen molar-refractivity contribution in [3.63, 3.8) is 0 Å². The van der Waals surface area contributed by atoms with Crippen LogP contribution in [0.4, 0.5) is 0 Å². The number of carbonyl (C=O) groups excluding carboxylic acids is 1. The summed E-state index contributed by atoms with van der Waals surface area (Å²) in [5.74, 6) is 5.89. The molecule has 1 unspecified atom stereocenters. The molecule has 1 amide bonds. The lowest BCUT2D eigenvalue weighted by atomic mass is 10.0. The molecular formula is C17H22N2O2. The molecule has 2 N–H and O–H groups in total. The van der Waals surface area contributed by atoms with Gasteiger partial charge in [0.1, 0.15) is 6.61 Å². The van der Waals surface area contributed by atoms with E-state index in [1.807, 2.05) is 19.1 Å².